The Kier molecular flexibility index (Phi) is 6.71. The molecule has 4 heterocycles. The van der Waals surface area contributed by atoms with Gasteiger partial charge in [0.15, 0.2) is 5.65 Å². The van der Waals surface area contributed by atoms with Gasteiger partial charge in [0, 0.05) is 55.5 Å². The van der Waals surface area contributed by atoms with Crippen LogP contribution in [0.3, 0.4) is 0 Å². The van der Waals surface area contributed by atoms with Crippen LogP contribution >= 0.6 is 11.6 Å². The average Bonchev–Trinajstić information content (AvgIpc) is 3.75. The highest BCUT2D eigenvalue weighted by Crippen LogP contribution is 2.37. The Morgan fingerprint density at radius 3 is 2.47 bits per heavy atom. The molecule has 1 atom stereocenters. The minimum absolute atomic E-state index is 0.0640. The molecule has 2 aromatic heterocycles. The van der Waals surface area contributed by atoms with Crippen LogP contribution in [0.15, 0.2) is 47.4 Å². The van der Waals surface area contributed by atoms with Gasteiger partial charge in [0.25, 0.3) is 5.56 Å². The standard InChI is InChI=1S/C28H35ClN6O/c1-2-22-19-33(28-31-26-25(4-3-13-30-26)27(36)35(28)24-9-10-24)16-17-34(22)23-11-14-32(15-12-23)18-20-5-7-21(29)8-6-20/h3-8,13,22-24H,2,9-12,14-19H2,1H3. The second kappa shape index (κ2) is 10.1. The van der Waals surface area contributed by atoms with Crippen molar-refractivity contribution in [2.24, 2.45) is 0 Å². The van der Waals surface area contributed by atoms with E-state index in [4.69, 9.17) is 16.6 Å². The number of benzene rings is 1. The van der Waals surface area contributed by atoms with Crippen molar-refractivity contribution in [1.82, 2.24) is 24.3 Å². The van der Waals surface area contributed by atoms with E-state index in [1.165, 1.54) is 18.4 Å². The van der Waals surface area contributed by atoms with Gasteiger partial charge in [-0.05, 0) is 75.0 Å². The van der Waals surface area contributed by atoms with Crippen molar-refractivity contribution in [3.8, 4) is 0 Å². The molecule has 0 spiro atoms. The number of nitrogens with zero attached hydrogens (tertiary/aromatic N) is 6. The molecule has 0 radical (unpaired) electrons. The lowest BCUT2D eigenvalue weighted by Gasteiger charge is -2.47. The van der Waals surface area contributed by atoms with Crippen LogP contribution in [-0.2, 0) is 6.54 Å². The molecule has 0 amide bonds. The lowest BCUT2D eigenvalue weighted by Crippen LogP contribution is -2.59. The zero-order valence-corrected chi connectivity index (χ0v) is 21.8. The van der Waals surface area contributed by atoms with Gasteiger partial charge in [-0.3, -0.25) is 19.2 Å². The number of halogens is 1. The van der Waals surface area contributed by atoms with E-state index < -0.39 is 0 Å². The van der Waals surface area contributed by atoms with Gasteiger partial charge in [-0.15, -0.1) is 0 Å². The fourth-order valence-corrected chi connectivity index (χ4v) is 6.19. The number of piperidine rings is 1. The first kappa shape index (κ1) is 23.9. The van der Waals surface area contributed by atoms with Gasteiger partial charge in [-0.25, -0.2) is 4.98 Å². The third-order valence-electron chi connectivity index (χ3n) is 8.20. The first-order valence-corrected chi connectivity index (χ1v) is 13.8. The summed E-state index contributed by atoms with van der Waals surface area (Å²) in [4.78, 5) is 30.4. The summed E-state index contributed by atoms with van der Waals surface area (Å²) >= 11 is 6.05. The fourth-order valence-electron chi connectivity index (χ4n) is 6.06. The Balaban J connectivity index is 1.14. The van der Waals surface area contributed by atoms with Crippen LogP contribution in [0.25, 0.3) is 11.0 Å². The molecular formula is C28H35ClN6O. The van der Waals surface area contributed by atoms with E-state index in [-0.39, 0.29) is 11.6 Å². The number of fused-ring (bicyclic) bond motifs is 1. The van der Waals surface area contributed by atoms with Gasteiger partial charge in [0.1, 0.15) is 0 Å². The Hall–Kier alpha value is -2.48. The van der Waals surface area contributed by atoms with Crippen molar-refractivity contribution in [1.29, 1.82) is 0 Å². The zero-order chi connectivity index (χ0) is 24.6. The summed E-state index contributed by atoms with van der Waals surface area (Å²) in [5, 5.41) is 1.43. The lowest BCUT2D eigenvalue weighted by atomic mass is 9.98. The normalized spacial score (nSPS) is 22.4. The van der Waals surface area contributed by atoms with E-state index in [1.807, 2.05) is 28.8 Å². The summed E-state index contributed by atoms with van der Waals surface area (Å²) in [5.74, 6) is 0.824. The third-order valence-corrected chi connectivity index (χ3v) is 8.45. The number of piperazine rings is 1. The van der Waals surface area contributed by atoms with E-state index in [0.717, 1.165) is 69.5 Å². The van der Waals surface area contributed by atoms with Crippen LogP contribution in [0, 0.1) is 0 Å². The number of hydrogen-bond acceptors (Lipinski definition) is 6. The average molecular weight is 507 g/mol. The monoisotopic (exact) mass is 506 g/mol. The van der Waals surface area contributed by atoms with E-state index >= 15 is 0 Å². The maximum absolute atomic E-state index is 13.3. The SMILES string of the molecule is CCC1CN(c2nc3ncccc3c(=O)n2C2CC2)CCN1C1CCN(Cc2ccc(Cl)cc2)CC1. The lowest BCUT2D eigenvalue weighted by molar-refractivity contribution is 0.0607. The molecule has 3 aliphatic rings. The molecule has 7 nitrogen and oxygen atoms in total. The first-order chi connectivity index (χ1) is 17.6. The van der Waals surface area contributed by atoms with Gasteiger partial charge < -0.3 is 4.90 Å². The van der Waals surface area contributed by atoms with Crippen LogP contribution in [0.4, 0.5) is 5.95 Å². The molecule has 2 saturated heterocycles. The quantitative estimate of drug-likeness (QED) is 0.495. The fraction of sp³-hybridized carbons (Fsp3) is 0.536. The summed E-state index contributed by atoms with van der Waals surface area (Å²) in [6.07, 6.45) is 7.36. The highest BCUT2D eigenvalue weighted by molar-refractivity contribution is 6.30. The summed E-state index contributed by atoms with van der Waals surface area (Å²) in [6, 6.07) is 13.3. The van der Waals surface area contributed by atoms with Gasteiger partial charge in [0.2, 0.25) is 5.95 Å². The maximum atomic E-state index is 13.3. The molecule has 1 saturated carbocycles. The van der Waals surface area contributed by atoms with Crippen molar-refractivity contribution in [2.75, 3.05) is 37.6 Å². The Morgan fingerprint density at radius 1 is 0.972 bits per heavy atom. The van der Waals surface area contributed by atoms with Gasteiger partial charge in [-0.1, -0.05) is 30.7 Å². The van der Waals surface area contributed by atoms with E-state index in [2.05, 4.69) is 38.7 Å². The Labute approximate surface area is 217 Å². The second-order valence-electron chi connectivity index (χ2n) is 10.6. The molecule has 8 heteroatoms. The smallest absolute Gasteiger partial charge is 0.264 e. The number of anilines is 1. The molecule has 190 valence electrons. The predicted molar refractivity (Wildman–Crippen MR) is 145 cm³/mol. The molecular weight excluding hydrogens is 472 g/mol. The van der Waals surface area contributed by atoms with Crippen molar-refractivity contribution < 1.29 is 0 Å². The van der Waals surface area contributed by atoms with Crippen LogP contribution in [0.2, 0.25) is 5.02 Å². The van der Waals surface area contributed by atoms with Gasteiger partial charge in [-0.2, -0.15) is 4.98 Å². The highest BCUT2D eigenvalue weighted by Gasteiger charge is 2.36. The molecule has 0 N–H and O–H groups in total. The minimum Gasteiger partial charge on any atom is -0.339 e. The van der Waals surface area contributed by atoms with Crippen molar-refractivity contribution >= 4 is 28.6 Å². The first-order valence-electron chi connectivity index (χ1n) is 13.5. The Morgan fingerprint density at radius 2 is 1.75 bits per heavy atom. The number of aromatic nitrogens is 3. The third kappa shape index (κ3) is 4.76. The van der Waals surface area contributed by atoms with Crippen LogP contribution in [-0.4, -0.2) is 69.1 Å². The topological polar surface area (TPSA) is 57.5 Å². The molecule has 2 aliphatic heterocycles. The number of rotatable bonds is 6. The summed E-state index contributed by atoms with van der Waals surface area (Å²) < 4.78 is 1.96. The van der Waals surface area contributed by atoms with Crippen LogP contribution in [0.5, 0.6) is 0 Å². The highest BCUT2D eigenvalue weighted by atomic mass is 35.5. The van der Waals surface area contributed by atoms with E-state index in [9.17, 15) is 4.79 Å². The predicted octanol–water partition coefficient (Wildman–Crippen LogP) is 4.35. The summed E-state index contributed by atoms with van der Waals surface area (Å²) in [6.45, 7) is 8.38. The molecule has 1 unspecified atom stereocenters. The van der Waals surface area contributed by atoms with Crippen LogP contribution < -0.4 is 10.5 Å². The van der Waals surface area contributed by atoms with Gasteiger partial charge in [0.05, 0.1) is 5.39 Å². The number of hydrogen-bond donors (Lipinski definition) is 0. The molecule has 1 aliphatic carbocycles. The molecule has 3 aromatic rings. The largest absolute Gasteiger partial charge is 0.339 e. The molecule has 36 heavy (non-hydrogen) atoms. The molecule has 6 rings (SSSR count). The number of pyridine rings is 1. The Bertz CT molecular complexity index is 1270. The molecule has 3 fully saturated rings. The zero-order valence-electron chi connectivity index (χ0n) is 21.0. The summed E-state index contributed by atoms with van der Waals surface area (Å²) in [5.41, 5.74) is 1.96. The maximum Gasteiger partial charge on any atom is 0.264 e. The van der Waals surface area contributed by atoms with E-state index in [0.29, 0.717) is 23.1 Å². The minimum atomic E-state index is 0.0640. The van der Waals surface area contributed by atoms with Crippen molar-refractivity contribution in [3.05, 3.63) is 63.5 Å². The molecule has 0 bridgehead atoms. The van der Waals surface area contributed by atoms with Crippen molar-refractivity contribution in [2.45, 2.75) is 63.7 Å². The van der Waals surface area contributed by atoms with Crippen LogP contribution in [0.1, 0.15) is 50.6 Å². The summed E-state index contributed by atoms with van der Waals surface area (Å²) in [7, 11) is 0. The van der Waals surface area contributed by atoms with Crippen molar-refractivity contribution in [3.63, 3.8) is 0 Å². The number of likely N-dealkylation sites (tertiary alicyclic amines) is 1. The van der Waals surface area contributed by atoms with E-state index in [1.54, 1.807) is 6.20 Å². The second-order valence-corrected chi connectivity index (χ2v) is 11.0. The molecule has 1 aromatic carbocycles. The van der Waals surface area contributed by atoms with Gasteiger partial charge >= 0.3 is 0 Å².